The van der Waals surface area contributed by atoms with Gasteiger partial charge in [0.1, 0.15) is 5.58 Å². The van der Waals surface area contributed by atoms with Gasteiger partial charge < -0.3 is 8.83 Å². The molecule has 0 fully saturated rings. The molecule has 0 amide bonds. The third-order valence-electron chi connectivity index (χ3n) is 10.2. The second-order valence-corrected chi connectivity index (χ2v) is 13.5. The second kappa shape index (κ2) is 12.9. The summed E-state index contributed by atoms with van der Waals surface area (Å²) in [7, 11) is 0. The van der Waals surface area contributed by atoms with Gasteiger partial charge in [0.2, 0.25) is 5.89 Å². The first-order valence-corrected chi connectivity index (χ1v) is 18.3. The standard InChI is InChI=1S/C48H28N6O2/c1-2-8-33(9-3-1)48-51-43-41(56-48)28-39(42-38-12-6-7-13-40(38)55-44(42)43)37-19-18-34(35-10-4-5-11-36(35)37)29-14-16-30(17-15-29)45-52-46(31-20-24-49-25-21-31)54-47(53-45)32-22-26-50-27-23-32/h1-28H. The number of nitrogens with zero attached hydrogens (tertiary/aromatic N) is 6. The molecule has 11 aromatic rings. The van der Waals surface area contributed by atoms with Crippen LogP contribution >= 0.6 is 0 Å². The summed E-state index contributed by atoms with van der Waals surface area (Å²) in [5.74, 6) is 2.30. The van der Waals surface area contributed by atoms with E-state index in [1.165, 1.54) is 0 Å². The lowest BCUT2D eigenvalue weighted by Gasteiger charge is -2.14. The van der Waals surface area contributed by atoms with Crippen LogP contribution in [0.4, 0.5) is 0 Å². The van der Waals surface area contributed by atoms with Crippen LogP contribution in [-0.4, -0.2) is 29.9 Å². The molecule has 5 heterocycles. The number of aromatic nitrogens is 6. The fraction of sp³-hybridized carbons (Fsp3) is 0. The Kier molecular flexibility index (Phi) is 7.31. The lowest BCUT2D eigenvalue weighted by molar-refractivity contribution is 0.620. The molecule has 5 aromatic heterocycles. The fourth-order valence-electron chi connectivity index (χ4n) is 7.54. The molecule has 11 rings (SSSR count). The summed E-state index contributed by atoms with van der Waals surface area (Å²) in [6, 6.07) is 49.2. The van der Waals surface area contributed by atoms with Crippen LogP contribution in [0.15, 0.2) is 179 Å². The molecule has 8 heteroatoms. The molecule has 56 heavy (non-hydrogen) atoms. The van der Waals surface area contributed by atoms with Gasteiger partial charge in [-0.15, -0.1) is 0 Å². The molecule has 0 saturated carbocycles. The minimum Gasteiger partial charge on any atom is -0.454 e. The molecule has 0 radical (unpaired) electrons. The lowest BCUT2D eigenvalue weighted by Crippen LogP contribution is -2.00. The molecule has 8 nitrogen and oxygen atoms in total. The van der Waals surface area contributed by atoms with Gasteiger partial charge in [-0.25, -0.2) is 19.9 Å². The lowest BCUT2D eigenvalue weighted by atomic mass is 9.90. The summed E-state index contributed by atoms with van der Waals surface area (Å²) < 4.78 is 13.0. The Morgan fingerprint density at radius 2 is 0.893 bits per heavy atom. The van der Waals surface area contributed by atoms with Crippen LogP contribution < -0.4 is 0 Å². The summed E-state index contributed by atoms with van der Waals surface area (Å²) in [4.78, 5) is 27.9. The third-order valence-corrected chi connectivity index (χ3v) is 10.2. The SMILES string of the molecule is c1ccc(-c2nc3c(cc(-c4ccc(-c5ccc(-c6nc(-c7ccncc7)nc(-c7ccncc7)n6)cc5)c5ccccc45)c4c5ccccc5oc34)o2)cc1. The Hall–Kier alpha value is -7.84. The average molecular weight is 721 g/mol. The van der Waals surface area contributed by atoms with Crippen molar-refractivity contribution in [1.82, 2.24) is 29.9 Å². The van der Waals surface area contributed by atoms with Crippen molar-refractivity contribution in [3.05, 3.63) is 170 Å². The van der Waals surface area contributed by atoms with Crippen LogP contribution in [0.3, 0.4) is 0 Å². The van der Waals surface area contributed by atoms with Crippen molar-refractivity contribution in [2.45, 2.75) is 0 Å². The largest absolute Gasteiger partial charge is 0.454 e. The number of hydrogen-bond donors (Lipinski definition) is 0. The Labute approximate surface area is 319 Å². The smallest absolute Gasteiger partial charge is 0.227 e. The van der Waals surface area contributed by atoms with Gasteiger partial charge in [-0.05, 0) is 81.6 Å². The molecule has 0 atom stereocenters. The first kappa shape index (κ1) is 31.7. The van der Waals surface area contributed by atoms with Gasteiger partial charge in [-0.1, -0.05) is 97.1 Å². The Balaban J connectivity index is 1.04. The number of para-hydroxylation sites is 1. The van der Waals surface area contributed by atoms with E-state index in [0.29, 0.717) is 40.0 Å². The van der Waals surface area contributed by atoms with E-state index in [9.17, 15) is 0 Å². The quantitative estimate of drug-likeness (QED) is 0.167. The maximum absolute atomic E-state index is 6.55. The highest BCUT2D eigenvalue weighted by atomic mass is 16.4. The number of oxazole rings is 1. The van der Waals surface area contributed by atoms with Crippen LogP contribution in [0.2, 0.25) is 0 Å². The number of hydrogen-bond acceptors (Lipinski definition) is 8. The van der Waals surface area contributed by atoms with Crippen LogP contribution in [0.25, 0.3) is 112 Å². The normalized spacial score (nSPS) is 11.6. The summed E-state index contributed by atoms with van der Waals surface area (Å²) in [6.45, 7) is 0. The van der Waals surface area contributed by atoms with E-state index in [1.54, 1.807) is 24.8 Å². The maximum Gasteiger partial charge on any atom is 0.227 e. The van der Waals surface area contributed by atoms with Gasteiger partial charge >= 0.3 is 0 Å². The van der Waals surface area contributed by atoms with Gasteiger partial charge in [-0.3, -0.25) is 9.97 Å². The predicted octanol–water partition coefficient (Wildman–Crippen LogP) is 11.9. The highest BCUT2D eigenvalue weighted by molar-refractivity contribution is 6.22. The average Bonchev–Trinajstić information content (AvgIpc) is 3.89. The Morgan fingerprint density at radius 1 is 0.357 bits per heavy atom. The molecule has 0 N–H and O–H groups in total. The highest BCUT2D eigenvalue weighted by Crippen LogP contribution is 2.45. The second-order valence-electron chi connectivity index (χ2n) is 13.5. The van der Waals surface area contributed by atoms with Crippen LogP contribution in [0, 0.1) is 0 Å². The van der Waals surface area contributed by atoms with E-state index in [-0.39, 0.29) is 0 Å². The van der Waals surface area contributed by atoms with Gasteiger partial charge in [0.15, 0.2) is 34.2 Å². The number of benzene rings is 6. The maximum atomic E-state index is 6.55. The van der Waals surface area contributed by atoms with E-state index < -0.39 is 0 Å². The van der Waals surface area contributed by atoms with E-state index >= 15 is 0 Å². The molecule has 0 bridgehead atoms. The summed E-state index contributed by atoms with van der Waals surface area (Å²) >= 11 is 0. The Bertz CT molecular complexity index is 3180. The summed E-state index contributed by atoms with van der Waals surface area (Å²) in [6.07, 6.45) is 6.96. The monoisotopic (exact) mass is 720 g/mol. The van der Waals surface area contributed by atoms with Crippen molar-refractivity contribution in [2.75, 3.05) is 0 Å². The van der Waals surface area contributed by atoms with E-state index in [2.05, 4.69) is 82.8 Å². The first-order valence-electron chi connectivity index (χ1n) is 18.3. The van der Waals surface area contributed by atoms with E-state index in [1.807, 2.05) is 72.8 Å². The first-order chi connectivity index (χ1) is 27.7. The highest BCUT2D eigenvalue weighted by Gasteiger charge is 2.22. The van der Waals surface area contributed by atoms with Gasteiger partial charge in [-0.2, -0.15) is 0 Å². The number of fused-ring (bicyclic) bond motifs is 6. The zero-order valence-corrected chi connectivity index (χ0v) is 29.7. The molecule has 6 aromatic carbocycles. The molecular weight excluding hydrogens is 693 g/mol. The molecule has 262 valence electrons. The van der Waals surface area contributed by atoms with Crippen molar-refractivity contribution < 1.29 is 8.83 Å². The fourth-order valence-corrected chi connectivity index (χ4v) is 7.54. The molecular formula is C48H28N6O2. The predicted molar refractivity (Wildman–Crippen MR) is 220 cm³/mol. The topological polar surface area (TPSA) is 104 Å². The summed E-state index contributed by atoms with van der Waals surface area (Å²) in [5, 5.41) is 4.29. The van der Waals surface area contributed by atoms with Crippen molar-refractivity contribution in [3.8, 4) is 67.9 Å². The molecule has 0 spiro atoms. The van der Waals surface area contributed by atoms with Crippen molar-refractivity contribution in [2.24, 2.45) is 0 Å². The zero-order valence-electron chi connectivity index (χ0n) is 29.7. The minimum atomic E-state index is 0.558. The summed E-state index contributed by atoms with van der Waals surface area (Å²) in [5.41, 5.74) is 10.7. The van der Waals surface area contributed by atoms with E-state index in [4.69, 9.17) is 28.8 Å². The van der Waals surface area contributed by atoms with Gasteiger partial charge in [0.25, 0.3) is 0 Å². The molecule has 0 aliphatic heterocycles. The van der Waals surface area contributed by atoms with Gasteiger partial charge in [0, 0.05) is 57.8 Å². The van der Waals surface area contributed by atoms with Crippen molar-refractivity contribution in [3.63, 3.8) is 0 Å². The van der Waals surface area contributed by atoms with Crippen LogP contribution in [0.5, 0.6) is 0 Å². The van der Waals surface area contributed by atoms with E-state index in [0.717, 1.165) is 71.6 Å². The minimum absolute atomic E-state index is 0.558. The molecule has 0 saturated heterocycles. The number of rotatable bonds is 6. The van der Waals surface area contributed by atoms with Crippen LogP contribution in [-0.2, 0) is 0 Å². The van der Waals surface area contributed by atoms with Crippen molar-refractivity contribution >= 4 is 43.8 Å². The van der Waals surface area contributed by atoms with Crippen LogP contribution in [0.1, 0.15) is 0 Å². The third kappa shape index (κ3) is 5.31. The van der Waals surface area contributed by atoms with Crippen molar-refractivity contribution in [1.29, 1.82) is 0 Å². The Morgan fingerprint density at radius 3 is 1.55 bits per heavy atom. The number of pyridine rings is 2. The molecule has 0 aliphatic carbocycles. The zero-order chi connectivity index (χ0) is 37.0. The van der Waals surface area contributed by atoms with Gasteiger partial charge in [0.05, 0.1) is 0 Å². The molecule has 0 unspecified atom stereocenters. The number of furan rings is 1. The molecule has 0 aliphatic rings.